The van der Waals surface area contributed by atoms with Crippen LogP contribution in [0.15, 0.2) is 65.7 Å². The fourth-order valence-corrected chi connectivity index (χ4v) is 4.71. The summed E-state index contributed by atoms with van der Waals surface area (Å²) in [6, 6.07) is 15.6. The van der Waals surface area contributed by atoms with Gasteiger partial charge in [0, 0.05) is 5.69 Å². The summed E-state index contributed by atoms with van der Waals surface area (Å²) in [5, 5.41) is 2.61. The minimum Gasteiger partial charge on any atom is -0.497 e. The van der Waals surface area contributed by atoms with Crippen LogP contribution in [0, 0.1) is 6.92 Å². The number of para-hydroxylation sites is 1. The number of alkyl halides is 3. The molecule has 0 spiro atoms. The number of anilines is 1. The zero-order valence-corrected chi connectivity index (χ0v) is 17.6. The molecule has 0 bridgehead atoms. The largest absolute Gasteiger partial charge is 0.497 e. The van der Waals surface area contributed by atoms with Gasteiger partial charge in [0.15, 0.2) is 0 Å². The third-order valence-electron chi connectivity index (χ3n) is 5.08. The number of carbonyl (C=O) groups is 1. The van der Waals surface area contributed by atoms with E-state index in [1.807, 2.05) is 35.9 Å². The van der Waals surface area contributed by atoms with E-state index >= 15 is 0 Å². The number of nitrogens with zero attached hydrogens (tertiary/aromatic N) is 1. The van der Waals surface area contributed by atoms with Gasteiger partial charge in [-0.2, -0.15) is 13.2 Å². The molecule has 0 saturated carbocycles. The van der Waals surface area contributed by atoms with Crippen LogP contribution in [0.2, 0.25) is 0 Å². The summed E-state index contributed by atoms with van der Waals surface area (Å²) < 4.78 is 47.2. The Morgan fingerprint density at radius 1 is 1.10 bits per heavy atom. The van der Waals surface area contributed by atoms with Gasteiger partial charge in [-0.25, -0.2) is 0 Å². The number of ether oxygens (including phenoxy) is 1. The highest BCUT2D eigenvalue weighted by Crippen LogP contribution is 2.40. The van der Waals surface area contributed by atoms with Crippen molar-refractivity contribution in [2.75, 3.05) is 17.9 Å². The number of carbonyl (C=O) groups excluding carboxylic acids is 1. The van der Waals surface area contributed by atoms with Crippen LogP contribution >= 0.6 is 11.8 Å². The number of amides is 1. The molecule has 1 aromatic heterocycles. The summed E-state index contributed by atoms with van der Waals surface area (Å²) in [5.74, 6) is 0.158. The van der Waals surface area contributed by atoms with Gasteiger partial charge >= 0.3 is 6.18 Å². The predicted octanol–water partition coefficient (Wildman–Crippen LogP) is 5.22. The van der Waals surface area contributed by atoms with Crippen molar-refractivity contribution in [2.45, 2.75) is 29.4 Å². The molecule has 0 unspecified atom stereocenters. The number of methoxy groups -OCH3 is 1. The Kier molecular flexibility index (Phi) is 5.62. The van der Waals surface area contributed by atoms with E-state index in [0.717, 1.165) is 22.3 Å². The average molecular weight is 447 g/mol. The third kappa shape index (κ3) is 4.23. The summed E-state index contributed by atoms with van der Waals surface area (Å²) >= 11 is 1.31. The molecule has 31 heavy (non-hydrogen) atoms. The SMILES string of the molecule is COc1ccc([C@H]2Nn3c(C)ccc3S[C@@H]2C(=O)Nc2ccccc2C(F)(F)F)cc1. The molecule has 0 saturated heterocycles. The molecule has 162 valence electrons. The Morgan fingerprint density at radius 3 is 2.48 bits per heavy atom. The first kappa shape index (κ1) is 21.2. The summed E-state index contributed by atoms with van der Waals surface area (Å²) in [7, 11) is 1.56. The summed E-state index contributed by atoms with van der Waals surface area (Å²) in [6.07, 6.45) is -4.57. The van der Waals surface area contributed by atoms with Crippen LogP contribution in [0.25, 0.3) is 0 Å². The number of halogens is 3. The maximum Gasteiger partial charge on any atom is 0.418 e. The lowest BCUT2D eigenvalue weighted by Gasteiger charge is -2.34. The average Bonchev–Trinajstić information content (AvgIpc) is 3.12. The third-order valence-corrected chi connectivity index (χ3v) is 6.38. The lowest BCUT2D eigenvalue weighted by molar-refractivity contribution is -0.137. The summed E-state index contributed by atoms with van der Waals surface area (Å²) in [5.41, 5.74) is 3.97. The zero-order valence-electron chi connectivity index (χ0n) is 16.7. The van der Waals surface area contributed by atoms with E-state index in [2.05, 4.69) is 10.7 Å². The lowest BCUT2D eigenvalue weighted by atomic mass is 10.0. The Morgan fingerprint density at radius 2 is 1.81 bits per heavy atom. The molecule has 2 aromatic carbocycles. The van der Waals surface area contributed by atoms with Crippen molar-refractivity contribution in [1.82, 2.24) is 4.68 Å². The number of benzene rings is 2. The molecule has 0 aliphatic carbocycles. The van der Waals surface area contributed by atoms with Crippen molar-refractivity contribution in [3.05, 3.63) is 77.5 Å². The van der Waals surface area contributed by atoms with E-state index in [1.54, 1.807) is 19.2 Å². The van der Waals surface area contributed by atoms with E-state index in [4.69, 9.17) is 4.74 Å². The summed E-state index contributed by atoms with van der Waals surface area (Å²) in [4.78, 5) is 13.2. The predicted molar refractivity (Wildman–Crippen MR) is 114 cm³/mol. The lowest BCUT2D eigenvalue weighted by Crippen LogP contribution is -2.41. The zero-order chi connectivity index (χ0) is 22.2. The highest BCUT2D eigenvalue weighted by molar-refractivity contribution is 8.00. The quantitative estimate of drug-likeness (QED) is 0.576. The second-order valence-corrected chi connectivity index (χ2v) is 8.26. The first-order valence-electron chi connectivity index (χ1n) is 9.50. The van der Waals surface area contributed by atoms with Crippen LogP contribution in [0.1, 0.15) is 22.9 Å². The highest BCUT2D eigenvalue weighted by atomic mass is 32.2. The molecule has 2 heterocycles. The minimum absolute atomic E-state index is 0.258. The molecular formula is C22H20F3N3O2S. The highest BCUT2D eigenvalue weighted by Gasteiger charge is 2.38. The molecule has 1 amide bonds. The van der Waals surface area contributed by atoms with Crippen LogP contribution < -0.4 is 15.5 Å². The van der Waals surface area contributed by atoms with Gasteiger partial charge in [0.05, 0.1) is 29.4 Å². The van der Waals surface area contributed by atoms with Gasteiger partial charge in [0.1, 0.15) is 11.0 Å². The Labute approximate surface area is 181 Å². The van der Waals surface area contributed by atoms with Crippen molar-refractivity contribution < 1.29 is 22.7 Å². The van der Waals surface area contributed by atoms with Crippen molar-refractivity contribution in [3.8, 4) is 5.75 Å². The van der Waals surface area contributed by atoms with Gasteiger partial charge in [-0.1, -0.05) is 36.0 Å². The molecule has 5 nitrogen and oxygen atoms in total. The van der Waals surface area contributed by atoms with E-state index in [1.165, 1.54) is 30.0 Å². The summed E-state index contributed by atoms with van der Waals surface area (Å²) in [6.45, 7) is 1.93. The maximum absolute atomic E-state index is 13.4. The molecule has 1 aliphatic heterocycles. The molecule has 1 aliphatic rings. The number of fused-ring (bicyclic) bond motifs is 1. The van der Waals surface area contributed by atoms with E-state index in [9.17, 15) is 18.0 Å². The number of thioether (sulfide) groups is 1. The van der Waals surface area contributed by atoms with Crippen molar-refractivity contribution in [1.29, 1.82) is 0 Å². The number of aryl methyl sites for hydroxylation is 1. The number of nitrogens with one attached hydrogen (secondary N) is 2. The first-order valence-corrected chi connectivity index (χ1v) is 10.4. The van der Waals surface area contributed by atoms with Crippen LogP contribution in [0.3, 0.4) is 0 Å². The molecule has 4 rings (SSSR count). The van der Waals surface area contributed by atoms with Gasteiger partial charge in [-0.05, 0) is 48.9 Å². The molecular weight excluding hydrogens is 427 g/mol. The normalized spacial score (nSPS) is 18.1. The Bertz CT molecular complexity index is 1100. The Hall–Kier alpha value is -3.07. The van der Waals surface area contributed by atoms with Crippen LogP contribution in [-0.4, -0.2) is 22.9 Å². The van der Waals surface area contributed by atoms with Crippen molar-refractivity contribution >= 4 is 23.4 Å². The van der Waals surface area contributed by atoms with E-state index in [-0.39, 0.29) is 5.69 Å². The number of hydrogen-bond acceptors (Lipinski definition) is 4. The fourth-order valence-electron chi connectivity index (χ4n) is 3.49. The van der Waals surface area contributed by atoms with Crippen molar-refractivity contribution in [3.63, 3.8) is 0 Å². The first-order chi connectivity index (χ1) is 14.8. The Balaban J connectivity index is 1.68. The number of rotatable bonds is 4. The monoisotopic (exact) mass is 447 g/mol. The standard InChI is InChI=1S/C22H20F3N3O2S/c1-13-7-12-18-28(13)27-19(14-8-10-15(30-2)11-9-14)20(31-18)21(29)26-17-6-4-3-5-16(17)22(23,24)25/h3-12,19-20,27H,1-2H3,(H,26,29)/t19-,20+/m1/s1. The van der Waals surface area contributed by atoms with E-state index < -0.39 is 28.9 Å². The van der Waals surface area contributed by atoms with Gasteiger partial charge in [-0.15, -0.1) is 0 Å². The molecule has 9 heteroatoms. The van der Waals surface area contributed by atoms with Crippen LogP contribution in [-0.2, 0) is 11.0 Å². The fraction of sp³-hybridized carbons (Fsp3) is 0.227. The molecule has 0 radical (unpaired) electrons. The second kappa shape index (κ2) is 8.22. The van der Waals surface area contributed by atoms with Gasteiger partial charge in [0.25, 0.3) is 0 Å². The topological polar surface area (TPSA) is 55.3 Å². The minimum atomic E-state index is -4.57. The van der Waals surface area contributed by atoms with Gasteiger partial charge in [0.2, 0.25) is 5.91 Å². The van der Waals surface area contributed by atoms with E-state index in [0.29, 0.717) is 5.75 Å². The molecule has 0 fully saturated rings. The van der Waals surface area contributed by atoms with Gasteiger partial charge < -0.3 is 15.5 Å². The molecule has 3 aromatic rings. The number of aromatic nitrogens is 1. The smallest absolute Gasteiger partial charge is 0.418 e. The van der Waals surface area contributed by atoms with Gasteiger partial charge in [-0.3, -0.25) is 9.47 Å². The van der Waals surface area contributed by atoms with Crippen molar-refractivity contribution in [2.24, 2.45) is 0 Å². The van der Waals surface area contributed by atoms with Crippen LogP contribution in [0.5, 0.6) is 5.75 Å². The molecule has 2 N–H and O–H groups in total. The maximum atomic E-state index is 13.4. The van der Waals surface area contributed by atoms with Crippen LogP contribution in [0.4, 0.5) is 18.9 Å². The molecule has 2 atom stereocenters. The number of hydrogen-bond donors (Lipinski definition) is 2. The second-order valence-electron chi connectivity index (χ2n) is 7.10.